The van der Waals surface area contributed by atoms with Crippen LogP contribution in [0.4, 0.5) is 0 Å². The summed E-state index contributed by atoms with van der Waals surface area (Å²) < 4.78 is 25.9. The van der Waals surface area contributed by atoms with E-state index in [1.807, 2.05) is 12.4 Å². The third kappa shape index (κ3) is 9.30. The largest absolute Gasteiger partial charge is 0.358 e. The molecular weight excluding hydrogens is 216 g/mol. The maximum absolute atomic E-state index is 9.19. The Morgan fingerprint density at radius 1 is 1.53 bits per heavy atom. The zero-order valence-corrected chi connectivity index (χ0v) is 9.94. The molecule has 0 spiro atoms. The molecule has 0 bridgehead atoms. The van der Waals surface area contributed by atoms with Gasteiger partial charge in [-0.05, 0) is 12.6 Å². The van der Waals surface area contributed by atoms with Gasteiger partial charge in [-0.3, -0.25) is 4.55 Å². The first-order valence-corrected chi connectivity index (χ1v) is 6.44. The molecule has 6 heteroatoms. The van der Waals surface area contributed by atoms with Crippen LogP contribution in [0.1, 0.15) is 13.3 Å². The van der Waals surface area contributed by atoms with Gasteiger partial charge in [-0.15, -0.1) is 0 Å². The molecule has 88 valence electrons. The van der Waals surface area contributed by atoms with E-state index in [4.69, 9.17) is 4.55 Å². The molecule has 0 aromatic carbocycles. The van der Waals surface area contributed by atoms with Crippen molar-refractivity contribution in [1.29, 1.82) is 0 Å². The van der Waals surface area contributed by atoms with Gasteiger partial charge in [-0.1, -0.05) is 13.5 Å². The molecule has 0 unspecified atom stereocenters. The Bertz CT molecular complexity index is 303. The lowest BCUT2D eigenvalue weighted by atomic mass is 10.4. The molecule has 1 heterocycles. The molecular formula is C9H18N2O3S. The highest BCUT2D eigenvalue weighted by molar-refractivity contribution is 7.85. The van der Waals surface area contributed by atoms with Crippen LogP contribution in [0, 0.1) is 0 Å². The maximum Gasteiger partial charge on any atom is 0.261 e. The molecule has 0 aliphatic carbocycles. The fourth-order valence-electron chi connectivity index (χ4n) is 1.03. The van der Waals surface area contributed by atoms with Crippen LogP contribution in [0.5, 0.6) is 0 Å². The molecule has 1 aliphatic rings. The quantitative estimate of drug-likeness (QED) is 0.741. The smallest absolute Gasteiger partial charge is 0.261 e. The summed E-state index contributed by atoms with van der Waals surface area (Å²) in [6, 6.07) is 0. The average Bonchev–Trinajstić information content (AvgIpc) is 2.50. The van der Waals surface area contributed by atoms with Crippen molar-refractivity contribution >= 4 is 10.1 Å². The molecule has 0 saturated carbocycles. The molecule has 0 radical (unpaired) electrons. The number of hydrogen-bond donors (Lipinski definition) is 1. The van der Waals surface area contributed by atoms with Crippen LogP contribution in [-0.4, -0.2) is 42.2 Å². The highest BCUT2D eigenvalue weighted by Crippen LogP contribution is 2.05. The summed E-state index contributed by atoms with van der Waals surface area (Å²) in [7, 11) is -3.67. The van der Waals surface area contributed by atoms with Crippen molar-refractivity contribution in [2.75, 3.05) is 19.5 Å². The average molecular weight is 234 g/mol. The van der Waals surface area contributed by atoms with Gasteiger partial charge in [0.05, 0.1) is 12.9 Å². The van der Waals surface area contributed by atoms with Crippen LogP contribution < -0.4 is 0 Å². The minimum atomic E-state index is -3.67. The van der Waals surface area contributed by atoms with E-state index in [9.17, 15) is 8.42 Å². The van der Waals surface area contributed by atoms with E-state index in [1.54, 1.807) is 0 Å². The predicted molar refractivity (Wildman–Crippen MR) is 60.5 cm³/mol. The summed E-state index contributed by atoms with van der Waals surface area (Å²) >= 11 is 0. The van der Waals surface area contributed by atoms with Crippen molar-refractivity contribution in [1.82, 2.24) is 9.80 Å². The van der Waals surface area contributed by atoms with E-state index in [0.717, 1.165) is 13.2 Å². The minimum Gasteiger partial charge on any atom is -0.358 e. The lowest BCUT2D eigenvalue weighted by Gasteiger charge is -2.16. The van der Waals surface area contributed by atoms with E-state index in [2.05, 4.69) is 29.5 Å². The highest BCUT2D eigenvalue weighted by Gasteiger charge is 2.06. The maximum atomic E-state index is 9.19. The normalized spacial score (nSPS) is 14.9. The van der Waals surface area contributed by atoms with Crippen LogP contribution in [0.3, 0.4) is 0 Å². The summed E-state index contributed by atoms with van der Waals surface area (Å²) in [5.74, 6) is 0. The van der Waals surface area contributed by atoms with Crippen LogP contribution in [-0.2, 0) is 10.1 Å². The van der Waals surface area contributed by atoms with Gasteiger partial charge < -0.3 is 9.80 Å². The Morgan fingerprint density at radius 3 is 2.40 bits per heavy atom. The van der Waals surface area contributed by atoms with Gasteiger partial charge in [0.1, 0.15) is 0 Å². The van der Waals surface area contributed by atoms with Crippen LogP contribution in [0.15, 0.2) is 25.2 Å². The van der Waals surface area contributed by atoms with Crippen molar-refractivity contribution in [2.45, 2.75) is 13.3 Å². The lowest BCUT2D eigenvalue weighted by molar-refractivity contribution is 0.315. The Kier molecular flexibility index (Phi) is 6.03. The van der Waals surface area contributed by atoms with Crippen molar-refractivity contribution in [3.63, 3.8) is 0 Å². The third-order valence-corrected chi connectivity index (χ3v) is 1.56. The van der Waals surface area contributed by atoms with E-state index in [-0.39, 0.29) is 0 Å². The molecule has 5 nitrogen and oxygen atoms in total. The second kappa shape index (κ2) is 6.47. The molecule has 0 saturated heterocycles. The van der Waals surface area contributed by atoms with Crippen molar-refractivity contribution in [2.24, 2.45) is 0 Å². The minimum absolute atomic E-state index is 0.715. The zero-order chi connectivity index (χ0) is 11.9. The van der Waals surface area contributed by atoms with Gasteiger partial charge >= 0.3 is 0 Å². The predicted octanol–water partition coefficient (Wildman–Crippen LogP) is 1.09. The Morgan fingerprint density at radius 2 is 2.07 bits per heavy atom. The molecule has 0 atom stereocenters. The molecule has 0 fully saturated rings. The van der Waals surface area contributed by atoms with Crippen LogP contribution >= 0.6 is 0 Å². The summed E-state index contributed by atoms with van der Waals surface area (Å²) in [5, 5.41) is 0. The molecule has 0 aromatic rings. The SMILES string of the molecule is C=CN1C=CN(CCC)C1.CS(=O)(=O)O. The molecule has 1 aliphatic heterocycles. The summed E-state index contributed by atoms with van der Waals surface area (Å²) in [6.45, 7) is 7.98. The second-order valence-corrected chi connectivity index (χ2v) is 4.65. The van der Waals surface area contributed by atoms with Crippen LogP contribution in [0.25, 0.3) is 0 Å². The van der Waals surface area contributed by atoms with E-state index < -0.39 is 10.1 Å². The van der Waals surface area contributed by atoms with Crippen molar-refractivity contribution in [3.05, 3.63) is 25.2 Å². The van der Waals surface area contributed by atoms with Crippen molar-refractivity contribution in [3.8, 4) is 0 Å². The summed E-state index contributed by atoms with van der Waals surface area (Å²) in [5.41, 5.74) is 0. The third-order valence-electron chi connectivity index (χ3n) is 1.56. The number of hydrogen-bond acceptors (Lipinski definition) is 4. The first-order chi connectivity index (χ1) is 6.86. The van der Waals surface area contributed by atoms with Gasteiger partial charge in [-0.2, -0.15) is 8.42 Å². The van der Waals surface area contributed by atoms with Crippen molar-refractivity contribution < 1.29 is 13.0 Å². The van der Waals surface area contributed by atoms with Gasteiger partial charge in [0.15, 0.2) is 0 Å². The van der Waals surface area contributed by atoms with Gasteiger partial charge in [0, 0.05) is 18.9 Å². The fraction of sp³-hybridized carbons (Fsp3) is 0.556. The van der Waals surface area contributed by atoms with Gasteiger partial charge in [0.25, 0.3) is 10.1 Å². The number of rotatable bonds is 3. The van der Waals surface area contributed by atoms with E-state index in [1.165, 1.54) is 6.42 Å². The van der Waals surface area contributed by atoms with Gasteiger partial charge in [-0.25, -0.2) is 0 Å². The zero-order valence-electron chi connectivity index (χ0n) is 9.13. The molecule has 15 heavy (non-hydrogen) atoms. The molecule has 1 rings (SSSR count). The standard InChI is InChI=1S/C8H14N2.CH4O3S/c1-3-5-10-7-6-9(4-2)8-10;1-5(2,3)4/h4,6-7H,2-3,5,8H2,1H3;1H3,(H,2,3,4). The highest BCUT2D eigenvalue weighted by atomic mass is 32.2. The van der Waals surface area contributed by atoms with Gasteiger partial charge in [0.2, 0.25) is 0 Å². The Hall–Kier alpha value is -1.01. The van der Waals surface area contributed by atoms with Crippen LogP contribution in [0.2, 0.25) is 0 Å². The molecule has 0 amide bonds. The fourth-order valence-corrected chi connectivity index (χ4v) is 1.03. The summed E-state index contributed by atoms with van der Waals surface area (Å²) in [4.78, 5) is 4.33. The lowest BCUT2D eigenvalue weighted by Crippen LogP contribution is -2.22. The first-order valence-electron chi connectivity index (χ1n) is 4.60. The monoisotopic (exact) mass is 234 g/mol. The van der Waals surface area contributed by atoms with E-state index in [0.29, 0.717) is 6.26 Å². The molecule has 1 N–H and O–H groups in total. The number of nitrogens with zero attached hydrogens (tertiary/aromatic N) is 2. The molecule has 0 aromatic heterocycles. The second-order valence-electron chi connectivity index (χ2n) is 3.18. The van der Waals surface area contributed by atoms with E-state index >= 15 is 0 Å². The summed E-state index contributed by atoms with van der Waals surface area (Å²) in [6.07, 6.45) is 7.91. The Labute approximate surface area is 91.4 Å². The topological polar surface area (TPSA) is 60.9 Å². The first kappa shape index (κ1) is 14.0. The Balaban J connectivity index is 0.000000336.